The number of Topliss-reactive ketones (excluding diaryl/α,β-unsaturated/α-hetero) is 1. The maximum Gasteiger partial charge on any atom is 0.328 e. The van der Waals surface area contributed by atoms with Crippen LogP contribution in [0.5, 0.6) is 0 Å². The third-order valence-electron chi connectivity index (χ3n) is 5.12. The van der Waals surface area contributed by atoms with Crippen LogP contribution < -0.4 is 5.32 Å². The molecule has 0 aromatic heterocycles. The van der Waals surface area contributed by atoms with Gasteiger partial charge in [-0.05, 0) is 63.7 Å². The average Bonchev–Trinajstić information content (AvgIpc) is 2.70. The number of hydrogen-bond acceptors (Lipinski definition) is 6. The van der Waals surface area contributed by atoms with E-state index in [1.54, 1.807) is 0 Å². The molecule has 0 aromatic carbocycles. The van der Waals surface area contributed by atoms with E-state index < -0.39 is 12.0 Å². The first kappa shape index (κ1) is 30.1. The van der Waals surface area contributed by atoms with Gasteiger partial charge < -0.3 is 19.6 Å². The maximum atomic E-state index is 12.4. The van der Waals surface area contributed by atoms with E-state index >= 15 is 0 Å². The number of unbranched alkanes of at least 4 members (excludes halogenated alkanes) is 2. The first-order chi connectivity index (χ1) is 15.1. The summed E-state index contributed by atoms with van der Waals surface area (Å²) in [5.74, 6) is -0.0566. The van der Waals surface area contributed by atoms with Crippen LogP contribution in [0.25, 0.3) is 0 Å². The third-order valence-corrected chi connectivity index (χ3v) is 5.12. The second kappa shape index (κ2) is 17.6. The van der Waals surface area contributed by atoms with Crippen LogP contribution in [0.15, 0.2) is 0 Å². The van der Waals surface area contributed by atoms with Gasteiger partial charge in [-0.1, -0.05) is 34.6 Å². The van der Waals surface area contributed by atoms with Gasteiger partial charge in [-0.3, -0.25) is 9.59 Å². The molecule has 1 N–H and O–H groups in total. The largest absolute Gasteiger partial charge is 0.465 e. The van der Waals surface area contributed by atoms with Crippen molar-refractivity contribution in [1.82, 2.24) is 5.32 Å². The highest BCUT2D eigenvalue weighted by Crippen LogP contribution is 2.17. The molecule has 0 spiro atoms. The number of nitrogens with one attached hydrogen (secondary N) is 1. The van der Waals surface area contributed by atoms with Gasteiger partial charge in [0, 0.05) is 12.8 Å². The molecule has 0 saturated carbocycles. The fourth-order valence-corrected chi connectivity index (χ4v) is 3.38. The number of amides is 1. The highest BCUT2D eigenvalue weighted by atomic mass is 16.5. The number of rotatable bonds is 18. The first-order valence-corrected chi connectivity index (χ1v) is 12.2. The summed E-state index contributed by atoms with van der Waals surface area (Å²) < 4.78 is 10.7. The van der Waals surface area contributed by atoms with Crippen LogP contribution in [0, 0.1) is 17.8 Å². The number of carbonyl (C=O) groups is 4. The molecule has 0 rings (SSSR count). The summed E-state index contributed by atoms with van der Waals surface area (Å²) in [5.41, 5.74) is 0. The van der Waals surface area contributed by atoms with Crippen molar-refractivity contribution < 1.29 is 28.7 Å². The molecule has 7 nitrogen and oxygen atoms in total. The minimum atomic E-state index is -0.672. The predicted molar refractivity (Wildman–Crippen MR) is 125 cm³/mol. The SMILES string of the molecule is CCC(CC(C)C)C(=O)OCCCCOC(=O)C(CC(C)C)NC(=O)CCCCC(C)=O. The molecule has 186 valence electrons. The van der Waals surface area contributed by atoms with Crippen molar-refractivity contribution in [2.75, 3.05) is 13.2 Å². The fourth-order valence-electron chi connectivity index (χ4n) is 3.38. The monoisotopic (exact) mass is 455 g/mol. The van der Waals surface area contributed by atoms with E-state index in [0.717, 1.165) is 12.8 Å². The zero-order valence-corrected chi connectivity index (χ0v) is 21.0. The smallest absolute Gasteiger partial charge is 0.328 e. The molecule has 0 radical (unpaired) electrons. The summed E-state index contributed by atoms with van der Waals surface area (Å²) in [6, 6.07) is -0.672. The molecule has 0 heterocycles. The lowest BCUT2D eigenvalue weighted by Gasteiger charge is -2.19. The lowest BCUT2D eigenvalue weighted by Crippen LogP contribution is -2.42. The van der Waals surface area contributed by atoms with Crippen molar-refractivity contribution in [3.05, 3.63) is 0 Å². The molecule has 2 unspecified atom stereocenters. The molecule has 32 heavy (non-hydrogen) atoms. The molecular formula is C25H45NO6. The quantitative estimate of drug-likeness (QED) is 0.239. The van der Waals surface area contributed by atoms with E-state index in [1.807, 2.05) is 20.8 Å². The van der Waals surface area contributed by atoms with Crippen LogP contribution in [0.2, 0.25) is 0 Å². The standard InChI is InChI=1S/C25H45NO6/c1-7-21(16-18(2)3)24(29)31-14-10-11-15-32-25(30)22(17-19(4)5)26-23(28)13-9-8-12-20(6)27/h18-19,21-22H,7-17H2,1-6H3,(H,26,28). The summed E-state index contributed by atoms with van der Waals surface area (Å²) in [7, 11) is 0. The Balaban J connectivity index is 4.25. The molecule has 7 heteroatoms. The van der Waals surface area contributed by atoms with Crippen molar-refractivity contribution in [2.24, 2.45) is 17.8 Å². The Hall–Kier alpha value is -1.92. The van der Waals surface area contributed by atoms with E-state index in [1.165, 1.54) is 6.92 Å². The summed E-state index contributed by atoms with van der Waals surface area (Å²) in [6.45, 7) is 12.2. The summed E-state index contributed by atoms with van der Waals surface area (Å²) >= 11 is 0. The van der Waals surface area contributed by atoms with Crippen LogP contribution in [-0.2, 0) is 28.7 Å². The van der Waals surface area contributed by atoms with Crippen LogP contribution in [-0.4, -0.2) is 42.9 Å². The Morgan fingerprint density at radius 1 is 0.750 bits per heavy atom. The Morgan fingerprint density at radius 2 is 1.28 bits per heavy atom. The van der Waals surface area contributed by atoms with Crippen molar-refractivity contribution in [3.8, 4) is 0 Å². The minimum absolute atomic E-state index is 0.0595. The number of hydrogen-bond donors (Lipinski definition) is 1. The Kier molecular flexibility index (Phi) is 16.6. The molecule has 1 amide bonds. The van der Waals surface area contributed by atoms with Gasteiger partial charge in [-0.25, -0.2) is 4.79 Å². The third kappa shape index (κ3) is 15.8. The molecule has 2 atom stereocenters. The van der Waals surface area contributed by atoms with Crippen LogP contribution in [0.4, 0.5) is 0 Å². The molecule has 0 bridgehead atoms. The lowest BCUT2D eigenvalue weighted by atomic mass is 9.95. The minimum Gasteiger partial charge on any atom is -0.465 e. The topological polar surface area (TPSA) is 98.8 Å². The van der Waals surface area contributed by atoms with E-state index in [0.29, 0.717) is 51.0 Å². The zero-order chi connectivity index (χ0) is 24.5. The Bertz CT molecular complexity index is 573. The van der Waals surface area contributed by atoms with E-state index in [9.17, 15) is 19.2 Å². The average molecular weight is 456 g/mol. The molecule has 0 aliphatic heterocycles. The van der Waals surface area contributed by atoms with Gasteiger partial charge in [0.2, 0.25) is 5.91 Å². The van der Waals surface area contributed by atoms with Crippen molar-refractivity contribution in [3.63, 3.8) is 0 Å². The van der Waals surface area contributed by atoms with Gasteiger partial charge in [-0.2, -0.15) is 0 Å². The molecule has 0 fully saturated rings. The van der Waals surface area contributed by atoms with Gasteiger partial charge in [0.15, 0.2) is 0 Å². The highest BCUT2D eigenvalue weighted by Gasteiger charge is 2.23. The predicted octanol–water partition coefficient (Wildman–Crippen LogP) is 4.61. The number of ether oxygens (including phenoxy) is 2. The van der Waals surface area contributed by atoms with Crippen molar-refractivity contribution in [1.29, 1.82) is 0 Å². The fraction of sp³-hybridized carbons (Fsp3) is 0.840. The Labute approximate surface area is 194 Å². The maximum absolute atomic E-state index is 12.4. The second-order valence-corrected chi connectivity index (χ2v) is 9.44. The van der Waals surface area contributed by atoms with E-state index in [-0.39, 0.29) is 42.5 Å². The number of ketones is 1. The van der Waals surface area contributed by atoms with Gasteiger partial charge in [0.1, 0.15) is 11.8 Å². The highest BCUT2D eigenvalue weighted by molar-refractivity contribution is 5.84. The van der Waals surface area contributed by atoms with Gasteiger partial charge in [0.05, 0.1) is 19.1 Å². The second-order valence-electron chi connectivity index (χ2n) is 9.44. The van der Waals surface area contributed by atoms with E-state index in [4.69, 9.17) is 9.47 Å². The van der Waals surface area contributed by atoms with Gasteiger partial charge >= 0.3 is 11.9 Å². The van der Waals surface area contributed by atoms with Crippen molar-refractivity contribution >= 4 is 23.6 Å². The first-order valence-electron chi connectivity index (χ1n) is 12.2. The number of carbonyl (C=O) groups excluding carboxylic acids is 4. The van der Waals surface area contributed by atoms with Crippen LogP contribution >= 0.6 is 0 Å². The van der Waals surface area contributed by atoms with Gasteiger partial charge in [0.25, 0.3) is 0 Å². The lowest BCUT2D eigenvalue weighted by molar-refractivity contribution is -0.151. The molecule has 0 aliphatic rings. The zero-order valence-electron chi connectivity index (χ0n) is 21.0. The van der Waals surface area contributed by atoms with Crippen molar-refractivity contribution in [2.45, 2.75) is 105 Å². The number of esters is 2. The van der Waals surface area contributed by atoms with Gasteiger partial charge in [-0.15, -0.1) is 0 Å². The summed E-state index contributed by atoms with van der Waals surface area (Å²) in [6.07, 6.45) is 5.35. The summed E-state index contributed by atoms with van der Waals surface area (Å²) in [5, 5.41) is 2.77. The summed E-state index contributed by atoms with van der Waals surface area (Å²) in [4.78, 5) is 47.7. The Morgan fingerprint density at radius 3 is 1.78 bits per heavy atom. The van der Waals surface area contributed by atoms with Crippen LogP contribution in [0.3, 0.4) is 0 Å². The molecule has 0 aliphatic carbocycles. The molecule has 0 aromatic rings. The molecular weight excluding hydrogens is 410 g/mol. The van der Waals surface area contributed by atoms with Crippen LogP contribution in [0.1, 0.15) is 99.3 Å². The normalized spacial score (nSPS) is 13.0. The van der Waals surface area contributed by atoms with E-state index in [2.05, 4.69) is 19.2 Å². The molecule has 0 saturated heterocycles.